The van der Waals surface area contributed by atoms with E-state index in [9.17, 15) is 0 Å². The SMILES string of the molecule is CC[C@H](CNC(=S)Nc1ccc(C)c(Cl)c1)Cc1ccccc1. The van der Waals surface area contributed by atoms with E-state index in [2.05, 4.69) is 47.9 Å². The van der Waals surface area contributed by atoms with Crippen LogP contribution in [-0.4, -0.2) is 11.7 Å². The Kier molecular flexibility index (Phi) is 6.87. The van der Waals surface area contributed by atoms with Gasteiger partial charge in [0.25, 0.3) is 0 Å². The van der Waals surface area contributed by atoms with Gasteiger partial charge in [0.05, 0.1) is 0 Å². The number of benzene rings is 2. The quantitative estimate of drug-likeness (QED) is 0.702. The summed E-state index contributed by atoms with van der Waals surface area (Å²) < 4.78 is 0. The number of halogens is 1. The van der Waals surface area contributed by atoms with Gasteiger partial charge in [-0.15, -0.1) is 0 Å². The van der Waals surface area contributed by atoms with Gasteiger partial charge in [0.15, 0.2) is 5.11 Å². The molecule has 0 aliphatic carbocycles. The Hall–Kier alpha value is -1.58. The van der Waals surface area contributed by atoms with Gasteiger partial charge < -0.3 is 10.6 Å². The van der Waals surface area contributed by atoms with E-state index in [-0.39, 0.29) is 0 Å². The normalized spacial score (nSPS) is 11.8. The van der Waals surface area contributed by atoms with Crippen LogP contribution in [-0.2, 0) is 6.42 Å². The van der Waals surface area contributed by atoms with Crippen molar-refractivity contribution in [3.05, 3.63) is 64.7 Å². The van der Waals surface area contributed by atoms with Crippen molar-refractivity contribution in [3.63, 3.8) is 0 Å². The summed E-state index contributed by atoms with van der Waals surface area (Å²) in [4.78, 5) is 0. The molecule has 0 amide bonds. The van der Waals surface area contributed by atoms with Crippen molar-refractivity contribution in [2.24, 2.45) is 5.92 Å². The zero-order valence-corrected chi connectivity index (χ0v) is 15.2. The number of anilines is 1. The van der Waals surface area contributed by atoms with Crippen molar-refractivity contribution < 1.29 is 0 Å². The Morgan fingerprint density at radius 3 is 2.57 bits per heavy atom. The molecule has 0 heterocycles. The van der Waals surface area contributed by atoms with Crippen LogP contribution in [0.2, 0.25) is 5.02 Å². The lowest BCUT2D eigenvalue weighted by Gasteiger charge is -2.18. The van der Waals surface area contributed by atoms with Crippen LogP contribution in [0.5, 0.6) is 0 Å². The van der Waals surface area contributed by atoms with E-state index in [1.54, 1.807) is 0 Å². The number of nitrogens with one attached hydrogen (secondary N) is 2. The average molecular weight is 347 g/mol. The molecule has 2 rings (SSSR count). The van der Waals surface area contributed by atoms with E-state index in [1.807, 2.05) is 25.1 Å². The highest BCUT2D eigenvalue weighted by Crippen LogP contribution is 2.20. The zero-order chi connectivity index (χ0) is 16.7. The van der Waals surface area contributed by atoms with E-state index < -0.39 is 0 Å². The second-order valence-corrected chi connectivity index (χ2v) is 6.58. The Morgan fingerprint density at radius 2 is 1.91 bits per heavy atom. The van der Waals surface area contributed by atoms with E-state index in [4.69, 9.17) is 23.8 Å². The highest BCUT2D eigenvalue weighted by molar-refractivity contribution is 7.80. The van der Waals surface area contributed by atoms with Gasteiger partial charge in [-0.1, -0.05) is 61.3 Å². The van der Waals surface area contributed by atoms with Gasteiger partial charge >= 0.3 is 0 Å². The molecular weight excluding hydrogens is 324 g/mol. The molecule has 0 aliphatic heterocycles. The first-order valence-corrected chi connectivity index (χ1v) is 8.72. The highest BCUT2D eigenvalue weighted by Gasteiger charge is 2.08. The van der Waals surface area contributed by atoms with Crippen LogP contribution < -0.4 is 10.6 Å². The van der Waals surface area contributed by atoms with Gasteiger partial charge in [0, 0.05) is 17.3 Å². The Bertz CT molecular complexity index is 643. The minimum atomic E-state index is 0.554. The molecule has 2 aromatic rings. The van der Waals surface area contributed by atoms with E-state index in [0.29, 0.717) is 11.0 Å². The summed E-state index contributed by atoms with van der Waals surface area (Å²) in [6, 6.07) is 16.4. The van der Waals surface area contributed by atoms with Crippen LogP contribution in [0.4, 0.5) is 5.69 Å². The maximum Gasteiger partial charge on any atom is 0.170 e. The number of rotatable bonds is 6. The topological polar surface area (TPSA) is 24.1 Å². The Morgan fingerprint density at radius 1 is 1.17 bits per heavy atom. The van der Waals surface area contributed by atoms with E-state index in [1.165, 1.54) is 5.56 Å². The maximum atomic E-state index is 6.13. The number of hydrogen-bond donors (Lipinski definition) is 2. The maximum absolute atomic E-state index is 6.13. The smallest absolute Gasteiger partial charge is 0.170 e. The summed E-state index contributed by atoms with van der Waals surface area (Å²) in [6.07, 6.45) is 2.17. The lowest BCUT2D eigenvalue weighted by atomic mass is 9.97. The molecule has 122 valence electrons. The molecule has 0 fully saturated rings. The lowest BCUT2D eigenvalue weighted by Crippen LogP contribution is -2.33. The standard InChI is InChI=1S/C19H23ClN2S/c1-3-15(11-16-7-5-4-6-8-16)13-21-19(23)22-17-10-9-14(2)18(20)12-17/h4-10,12,15H,3,11,13H2,1-2H3,(H2,21,22,23)/t15-/m0/s1. The number of hydrogen-bond acceptors (Lipinski definition) is 1. The summed E-state index contributed by atoms with van der Waals surface area (Å²) >= 11 is 11.5. The minimum absolute atomic E-state index is 0.554. The number of thiocarbonyl (C=S) groups is 1. The molecular formula is C19H23ClN2S. The summed E-state index contributed by atoms with van der Waals surface area (Å²) in [7, 11) is 0. The van der Waals surface area contributed by atoms with Crippen LogP contribution in [0.15, 0.2) is 48.5 Å². The van der Waals surface area contributed by atoms with Gasteiger partial charge in [0.1, 0.15) is 0 Å². The van der Waals surface area contributed by atoms with E-state index >= 15 is 0 Å². The minimum Gasteiger partial charge on any atom is -0.362 e. The molecule has 0 saturated heterocycles. The van der Waals surface area contributed by atoms with Crippen molar-refractivity contribution >= 4 is 34.6 Å². The van der Waals surface area contributed by atoms with Gasteiger partial charge in [-0.3, -0.25) is 0 Å². The molecule has 0 bridgehead atoms. The molecule has 0 aliphatic rings. The van der Waals surface area contributed by atoms with Crippen molar-refractivity contribution in [1.82, 2.24) is 5.32 Å². The Labute approximate surface area is 149 Å². The first-order valence-electron chi connectivity index (χ1n) is 7.93. The fraction of sp³-hybridized carbons (Fsp3) is 0.316. The largest absolute Gasteiger partial charge is 0.362 e. The third-order valence-electron chi connectivity index (χ3n) is 3.93. The molecule has 1 atom stereocenters. The Balaban J connectivity index is 1.83. The predicted octanol–water partition coefficient (Wildman–Crippen LogP) is 5.20. The molecule has 0 spiro atoms. The van der Waals surface area contributed by atoms with Crippen molar-refractivity contribution in [3.8, 4) is 0 Å². The number of aryl methyl sites for hydroxylation is 1. The van der Waals surface area contributed by atoms with Gasteiger partial charge in [-0.2, -0.15) is 0 Å². The monoisotopic (exact) mass is 346 g/mol. The summed E-state index contributed by atoms with van der Waals surface area (Å²) in [5.74, 6) is 0.554. The zero-order valence-electron chi connectivity index (χ0n) is 13.6. The fourth-order valence-electron chi connectivity index (χ4n) is 2.39. The fourth-order valence-corrected chi connectivity index (χ4v) is 2.77. The molecule has 0 aromatic heterocycles. The highest BCUT2D eigenvalue weighted by atomic mass is 35.5. The van der Waals surface area contributed by atoms with Crippen LogP contribution in [0.1, 0.15) is 24.5 Å². The van der Waals surface area contributed by atoms with Gasteiger partial charge in [-0.25, -0.2) is 0 Å². The van der Waals surface area contributed by atoms with Gasteiger partial charge in [-0.05, 0) is 54.7 Å². The molecule has 0 unspecified atom stereocenters. The summed E-state index contributed by atoms with van der Waals surface area (Å²) in [6.45, 7) is 5.06. The lowest BCUT2D eigenvalue weighted by molar-refractivity contribution is 0.498. The van der Waals surface area contributed by atoms with E-state index in [0.717, 1.165) is 35.7 Å². The molecule has 23 heavy (non-hydrogen) atoms. The predicted molar refractivity (Wildman–Crippen MR) is 104 cm³/mol. The van der Waals surface area contributed by atoms with Crippen LogP contribution >= 0.6 is 23.8 Å². The van der Waals surface area contributed by atoms with Crippen LogP contribution in [0.25, 0.3) is 0 Å². The molecule has 4 heteroatoms. The summed E-state index contributed by atoms with van der Waals surface area (Å²) in [5.41, 5.74) is 3.34. The third kappa shape index (κ3) is 5.85. The van der Waals surface area contributed by atoms with Crippen molar-refractivity contribution in [2.75, 3.05) is 11.9 Å². The second kappa shape index (κ2) is 8.90. The average Bonchev–Trinajstić information content (AvgIpc) is 2.56. The van der Waals surface area contributed by atoms with Crippen LogP contribution in [0.3, 0.4) is 0 Å². The molecule has 0 radical (unpaired) electrons. The van der Waals surface area contributed by atoms with Crippen molar-refractivity contribution in [1.29, 1.82) is 0 Å². The van der Waals surface area contributed by atoms with Crippen molar-refractivity contribution in [2.45, 2.75) is 26.7 Å². The molecule has 2 aromatic carbocycles. The molecule has 2 nitrogen and oxygen atoms in total. The third-order valence-corrected chi connectivity index (χ3v) is 4.58. The van der Waals surface area contributed by atoms with Crippen LogP contribution in [0, 0.1) is 12.8 Å². The first-order chi connectivity index (χ1) is 11.1. The first kappa shape index (κ1) is 17.8. The van der Waals surface area contributed by atoms with Gasteiger partial charge in [0.2, 0.25) is 0 Å². The second-order valence-electron chi connectivity index (χ2n) is 5.76. The molecule has 0 saturated carbocycles. The molecule has 2 N–H and O–H groups in total. The summed E-state index contributed by atoms with van der Waals surface area (Å²) in [5, 5.41) is 7.88.